The van der Waals surface area contributed by atoms with E-state index in [1.807, 2.05) is 31.2 Å². The maximum atomic E-state index is 13.8. The van der Waals surface area contributed by atoms with Crippen LogP contribution in [0.25, 0.3) is 16.9 Å². The topological polar surface area (TPSA) is 65.6 Å². The molecule has 0 bridgehead atoms. The number of rotatable bonds is 3. The summed E-state index contributed by atoms with van der Waals surface area (Å²) in [5.74, 6) is -0.363. The summed E-state index contributed by atoms with van der Waals surface area (Å²) >= 11 is 0. The van der Waals surface area contributed by atoms with Crippen molar-refractivity contribution in [1.82, 2.24) is 24.5 Å². The molecule has 4 rings (SSSR count). The first-order valence-corrected chi connectivity index (χ1v) is 7.75. The molecule has 0 saturated carbocycles. The van der Waals surface area contributed by atoms with Gasteiger partial charge in [0.15, 0.2) is 11.2 Å². The van der Waals surface area contributed by atoms with E-state index in [0.29, 0.717) is 11.2 Å². The molecule has 0 spiro atoms. The predicted molar refractivity (Wildman–Crippen MR) is 91.2 cm³/mol. The Kier molecular flexibility index (Phi) is 3.61. The monoisotopic (exact) mass is 335 g/mol. The van der Waals surface area contributed by atoms with E-state index in [2.05, 4.69) is 15.3 Å². The number of aromatic nitrogens is 5. The second kappa shape index (κ2) is 5.94. The Balaban J connectivity index is 1.78. The zero-order chi connectivity index (χ0) is 17.4. The SMILES string of the molecule is Cc1ccc(-n2nnc3c(=O)n(Cc4ccccc4F)cnc32)cc1. The van der Waals surface area contributed by atoms with Gasteiger partial charge in [0.1, 0.15) is 12.1 Å². The molecule has 4 aromatic rings. The van der Waals surface area contributed by atoms with Crippen molar-refractivity contribution >= 4 is 11.2 Å². The van der Waals surface area contributed by atoms with Gasteiger partial charge >= 0.3 is 0 Å². The van der Waals surface area contributed by atoms with Crippen molar-refractivity contribution in [1.29, 1.82) is 0 Å². The summed E-state index contributed by atoms with van der Waals surface area (Å²) in [6, 6.07) is 14.0. The van der Waals surface area contributed by atoms with Crippen LogP contribution in [0.3, 0.4) is 0 Å². The van der Waals surface area contributed by atoms with E-state index in [1.165, 1.54) is 21.6 Å². The Bertz CT molecular complexity index is 1110. The fraction of sp³-hybridized carbons (Fsp3) is 0.111. The summed E-state index contributed by atoms with van der Waals surface area (Å²) in [6.07, 6.45) is 1.39. The number of hydrogen-bond donors (Lipinski definition) is 0. The maximum absolute atomic E-state index is 13.8. The first-order valence-electron chi connectivity index (χ1n) is 7.75. The Morgan fingerprint density at radius 2 is 1.84 bits per heavy atom. The molecule has 0 aliphatic carbocycles. The van der Waals surface area contributed by atoms with E-state index in [9.17, 15) is 9.18 Å². The van der Waals surface area contributed by atoms with Crippen LogP contribution in [0.5, 0.6) is 0 Å². The van der Waals surface area contributed by atoms with Crippen molar-refractivity contribution in [3.63, 3.8) is 0 Å². The number of halogens is 1. The fourth-order valence-electron chi connectivity index (χ4n) is 2.63. The summed E-state index contributed by atoms with van der Waals surface area (Å²) in [7, 11) is 0. The molecule has 0 aliphatic rings. The lowest BCUT2D eigenvalue weighted by atomic mass is 10.2. The molecule has 124 valence electrons. The van der Waals surface area contributed by atoms with Crippen molar-refractivity contribution < 1.29 is 4.39 Å². The van der Waals surface area contributed by atoms with Crippen molar-refractivity contribution in [2.75, 3.05) is 0 Å². The lowest BCUT2D eigenvalue weighted by Gasteiger charge is -2.06. The Morgan fingerprint density at radius 3 is 2.60 bits per heavy atom. The molecule has 0 atom stereocenters. The molecule has 2 aromatic carbocycles. The molecular formula is C18H14FN5O. The minimum absolute atomic E-state index is 0.0891. The fourth-order valence-corrected chi connectivity index (χ4v) is 2.63. The minimum Gasteiger partial charge on any atom is -0.293 e. The van der Waals surface area contributed by atoms with Crippen molar-refractivity contribution in [2.24, 2.45) is 0 Å². The molecule has 2 aromatic heterocycles. The molecule has 0 aliphatic heterocycles. The number of benzene rings is 2. The first kappa shape index (κ1) is 15.2. The average Bonchev–Trinajstić information content (AvgIpc) is 3.05. The van der Waals surface area contributed by atoms with Crippen LogP contribution in [0, 0.1) is 12.7 Å². The van der Waals surface area contributed by atoms with Gasteiger partial charge in [0.05, 0.1) is 12.2 Å². The van der Waals surface area contributed by atoms with Crippen LogP contribution < -0.4 is 5.56 Å². The van der Waals surface area contributed by atoms with Crippen LogP contribution in [-0.4, -0.2) is 24.5 Å². The highest BCUT2D eigenvalue weighted by Gasteiger charge is 2.14. The molecule has 0 fully saturated rings. The van der Waals surface area contributed by atoms with E-state index < -0.39 is 0 Å². The third-order valence-corrected chi connectivity index (χ3v) is 4.01. The third-order valence-electron chi connectivity index (χ3n) is 4.01. The van der Waals surface area contributed by atoms with Gasteiger partial charge in [0.25, 0.3) is 5.56 Å². The average molecular weight is 335 g/mol. The summed E-state index contributed by atoms with van der Waals surface area (Å²) in [5.41, 5.74) is 2.47. The van der Waals surface area contributed by atoms with Crippen LogP contribution in [0.2, 0.25) is 0 Å². The highest BCUT2D eigenvalue weighted by atomic mass is 19.1. The van der Waals surface area contributed by atoms with E-state index in [4.69, 9.17) is 0 Å². The second-order valence-electron chi connectivity index (χ2n) is 5.78. The smallest absolute Gasteiger partial charge is 0.283 e. The van der Waals surface area contributed by atoms with Crippen LogP contribution in [0.4, 0.5) is 4.39 Å². The molecule has 0 unspecified atom stereocenters. The van der Waals surface area contributed by atoms with E-state index in [0.717, 1.165) is 11.3 Å². The normalized spacial score (nSPS) is 11.1. The molecule has 0 radical (unpaired) electrons. The van der Waals surface area contributed by atoms with Gasteiger partial charge in [-0.3, -0.25) is 9.36 Å². The lowest BCUT2D eigenvalue weighted by molar-refractivity contribution is 0.595. The quantitative estimate of drug-likeness (QED) is 0.577. The van der Waals surface area contributed by atoms with Gasteiger partial charge in [-0.1, -0.05) is 41.1 Å². The highest BCUT2D eigenvalue weighted by Crippen LogP contribution is 2.13. The van der Waals surface area contributed by atoms with Gasteiger partial charge in [0.2, 0.25) is 0 Å². The van der Waals surface area contributed by atoms with Crippen molar-refractivity contribution in [3.05, 3.63) is 82.2 Å². The number of fused-ring (bicyclic) bond motifs is 1. The zero-order valence-electron chi connectivity index (χ0n) is 13.4. The number of nitrogens with zero attached hydrogens (tertiary/aromatic N) is 5. The predicted octanol–water partition coefficient (Wildman–Crippen LogP) is 2.47. The first-order chi connectivity index (χ1) is 12.1. The van der Waals surface area contributed by atoms with Gasteiger partial charge in [-0.25, -0.2) is 9.37 Å². The molecule has 6 nitrogen and oxygen atoms in total. The summed E-state index contributed by atoms with van der Waals surface area (Å²) in [6.45, 7) is 2.08. The Morgan fingerprint density at radius 1 is 1.08 bits per heavy atom. The minimum atomic E-state index is -0.363. The lowest BCUT2D eigenvalue weighted by Crippen LogP contribution is -2.22. The molecule has 0 saturated heterocycles. The van der Waals surface area contributed by atoms with Crippen molar-refractivity contribution in [2.45, 2.75) is 13.5 Å². The molecule has 7 heteroatoms. The van der Waals surface area contributed by atoms with E-state index in [-0.39, 0.29) is 23.4 Å². The molecule has 0 amide bonds. The van der Waals surface area contributed by atoms with Crippen LogP contribution in [0.1, 0.15) is 11.1 Å². The van der Waals surface area contributed by atoms with Gasteiger partial charge in [-0.05, 0) is 25.1 Å². The van der Waals surface area contributed by atoms with E-state index in [1.54, 1.807) is 18.2 Å². The zero-order valence-corrected chi connectivity index (χ0v) is 13.4. The second-order valence-corrected chi connectivity index (χ2v) is 5.78. The molecule has 25 heavy (non-hydrogen) atoms. The van der Waals surface area contributed by atoms with E-state index >= 15 is 0 Å². The molecule has 0 N–H and O–H groups in total. The maximum Gasteiger partial charge on any atom is 0.283 e. The third kappa shape index (κ3) is 2.69. The summed E-state index contributed by atoms with van der Waals surface area (Å²) in [5, 5.41) is 8.00. The Hall–Kier alpha value is -3.35. The molecule has 2 heterocycles. The number of aryl methyl sites for hydroxylation is 1. The van der Waals surface area contributed by atoms with Gasteiger partial charge in [0, 0.05) is 5.56 Å². The van der Waals surface area contributed by atoms with Crippen LogP contribution in [0.15, 0.2) is 59.7 Å². The van der Waals surface area contributed by atoms with Crippen LogP contribution in [-0.2, 0) is 6.54 Å². The summed E-state index contributed by atoms with van der Waals surface area (Å²) < 4.78 is 16.7. The number of hydrogen-bond acceptors (Lipinski definition) is 4. The summed E-state index contributed by atoms with van der Waals surface area (Å²) in [4.78, 5) is 16.9. The largest absolute Gasteiger partial charge is 0.293 e. The Labute approximate surface area is 142 Å². The van der Waals surface area contributed by atoms with Crippen molar-refractivity contribution in [3.8, 4) is 5.69 Å². The highest BCUT2D eigenvalue weighted by molar-refractivity contribution is 5.70. The van der Waals surface area contributed by atoms with Crippen LogP contribution >= 0.6 is 0 Å². The van der Waals surface area contributed by atoms with Gasteiger partial charge in [-0.2, -0.15) is 4.68 Å². The molecular weight excluding hydrogens is 321 g/mol. The standard InChI is InChI=1S/C18H14FN5O/c1-12-6-8-14(9-7-12)24-17-16(21-22-24)18(25)23(11-20-17)10-13-4-2-3-5-15(13)19/h2-9,11H,10H2,1H3. The van der Waals surface area contributed by atoms with Gasteiger partial charge in [-0.15, -0.1) is 5.10 Å². The van der Waals surface area contributed by atoms with Gasteiger partial charge < -0.3 is 0 Å².